The number of nitrogens with one attached hydrogen (secondary N) is 2. The number of nitro groups is 1. The summed E-state index contributed by atoms with van der Waals surface area (Å²) in [4.78, 5) is 34.8. The first-order chi connectivity index (χ1) is 14.5. The van der Waals surface area contributed by atoms with Crippen LogP contribution in [-0.4, -0.2) is 23.3 Å². The molecule has 0 saturated carbocycles. The predicted octanol–water partition coefficient (Wildman–Crippen LogP) is 3.62. The summed E-state index contributed by atoms with van der Waals surface area (Å²) < 4.78 is 0. The van der Waals surface area contributed by atoms with Crippen LogP contribution in [0.25, 0.3) is 0 Å². The van der Waals surface area contributed by atoms with E-state index in [1.807, 2.05) is 60.7 Å². The van der Waals surface area contributed by atoms with Gasteiger partial charge in [-0.25, -0.2) is 0 Å². The van der Waals surface area contributed by atoms with Crippen LogP contribution in [0.4, 0.5) is 5.69 Å². The van der Waals surface area contributed by atoms with E-state index in [1.54, 1.807) is 0 Å². The van der Waals surface area contributed by atoms with Crippen LogP contribution >= 0.6 is 0 Å². The second-order valence-corrected chi connectivity index (χ2v) is 6.63. The molecular weight excluding hydrogens is 382 g/mol. The van der Waals surface area contributed by atoms with E-state index >= 15 is 0 Å². The number of benzene rings is 3. The predicted molar refractivity (Wildman–Crippen MR) is 113 cm³/mol. The molecule has 0 aliphatic heterocycles. The second kappa shape index (κ2) is 9.97. The molecule has 0 bridgehead atoms. The van der Waals surface area contributed by atoms with E-state index in [9.17, 15) is 19.7 Å². The molecule has 0 aliphatic carbocycles. The summed E-state index contributed by atoms with van der Waals surface area (Å²) in [5.41, 5.74) is 2.14. The molecule has 0 unspecified atom stereocenters. The van der Waals surface area contributed by atoms with Gasteiger partial charge >= 0.3 is 0 Å². The van der Waals surface area contributed by atoms with Crippen LogP contribution in [0.15, 0.2) is 84.9 Å². The van der Waals surface area contributed by atoms with Crippen LogP contribution < -0.4 is 10.6 Å². The van der Waals surface area contributed by atoms with Gasteiger partial charge in [0.15, 0.2) is 0 Å². The second-order valence-electron chi connectivity index (χ2n) is 6.63. The average Bonchev–Trinajstić information content (AvgIpc) is 2.78. The number of hydrogen-bond donors (Lipinski definition) is 2. The molecule has 152 valence electrons. The number of hydrogen-bond acceptors (Lipinski definition) is 4. The molecule has 0 aliphatic rings. The molecule has 30 heavy (non-hydrogen) atoms. The van der Waals surface area contributed by atoms with Crippen LogP contribution in [0.1, 0.15) is 33.9 Å². The Hall–Kier alpha value is -4.00. The maximum absolute atomic E-state index is 12.5. The minimum absolute atomic E-state index is 0.0845. The van der Waals surface area contributed by atoms with E-state index < -0.39 is 4.92 Å². The van der Waals surface area contributed by atoms with Crippen LogP contribution in [-0.2, 0) is 4.79 Å². The quantitative estimate of drug-likeness (QED) is 0.443. The monoisotopic (exact) mass is 403 g/mol. The van der Waals surface area contributed by atoms with Gasteiger partial charge in [0.25, 0.3) is 11.6 Å². The fraction of sp³-hybridized carbons (Fsp3) is 0.130. The molecule has 0 fully saturated rings. The Morgan fingerprint density at radius 3 is 1.87 bits per heavy atom. The van der Waals surface area contributed by atoms with Gasteiger partial charge in [-0.05, 0) is 23.3 Å². The Kier molecular flexibility index (Phi) is 6.89. The average molecular weight is 403 g/mol. The highest BCUT2D eigenvalue weighted by Crippen LogP contribution is 2.21. The lowest BCUT2D eigenvalue weighted by molar-refractivity contribution is -0.384. The third-order valence-corrected chi connectivity index (χ3v) is 4.55. The van der Waals surface area contributed by atoms with Crippen molar-refractivity contribution in [2.45, 2.75) is 12.5 Å². The molecule has 2 N–H and O–H groups in total. The molecule has 0 radical (unpaired) electrons. The highest BCUT2D eigenvalue weighted by atomic mass is 16.6. The maximum atomic E-state index is 12.5. The Morgan fingerprint density at radius 1 is 0.833 bits per heavy atom. The van der Waals surface area contributed by atoms with Crippen LogP contribution in [0.5, 0.6) is 0 Å². The summed E-state index contributed by atoms with van der Waals surface area (Å²) in [5, 5.41) is 16.4. The van der Waals surface area contributed by atoms with E-state index in [1.165, 1.54) is 24.3 Å². The Balaban J connectivity index is 1.57. The van der Waals surface area contributed by atoms with Crippen molar-refractivity contribution in [1.29, 1.82) is 0 Å². The molecule has 0 spiro atoms. The van der Waals surface area contributed by atoms with E-state index in [2.05, 4.69) is 10.6 Å². The van der Waals surface area contributed by atoms with Crippen LogP contribution in [0, 0.1) is 10.1 Å². The number of rotatable bonds is 8. The first-order valence-corrected chi connectivity index (χ1v) is 9.46. The largest absolute Gasteiger partial charge is 0.352 e. The molecule has 0 atom stereocenters. The highest BCUT2D eigenvalue weighted by molar-refractivity contribution is 5.94. The summed E-state index contributed by atoms with van der Waals surface area (Å²) >= 11 is 0. The van der Waals surface area contributed by atoms with E-state index in [0.717, 1.165) is 11.1 Å². The minimum atomic E-state index is -0.526. The first-order valence-electron chi connectivity index (χ1n) is 9.46. The summed E-state index contributed by atoms with van der Waals surface area (Å²) in [6, 6.07) is 24.3. The number of amides is 2. The zero-order valence-corrected chi connectivity index (χ0v) is 16.2. The van der Waals surface area contributed by atoms with E-state index in [0.29, 0.717) is 5.56 Å². The molecule has 3 aromatic carbocycles. The van der Waals surface area contributed by atoms with Gasteiger partial charge in [-0.2, -0.15) is 0 Å². The smallest absolute Gasteiger partial charge is 0.269 e. The van der Waals surface area contributed by atoms with Gasteiger partial charge in [0, 0.05) is 30.7 Å². The number of carbonyl (C=O) groups is 2. The van der Waals surface area contributed by atoms with Gasteiger partial charge in [0.2, 0.25) is 5.91 Å². The van der Waals surface area contributed by atoms with Gasteiger partial charge in [0.05, 0.1) is 11.0 Å². The van der Waals surface area contributed by atoms with Gasteiger partial charge in [-0.15, -0.1) is 0 Å². The first kappa shape index (κ1) is 20.7. The Morgan fingerprint density at radius 2 is 1.37 bits per heavy atom. The summed E-state index contributed by atoms with van der Waals surface area (Å²) in [6.07, 6.45) is 0.106. The van der Waals surface area contributed by atoms with Crippen molar-refractivity contribution >= 4 is 17.5 Å². The summed E-state index contributed by atoms with van der Waals surface area (Å²) in [6.45, 7) is 0.151. The lowest BCUT2D eigenvalue weighted by Gasteiger charge is -2.20. The van der Waals surface area contributed by atoms with Crippen LogP contribution in [0.2, 0.25) is 0 Å². The highest BCUT2D eigenvalue weighted by Gasteiger charge is 2.16. The lowest BCUT2D eigenvalue weighted by atomic mass is 9.98. The van der Waals surface area contributed by atoms with Crippen LogP contribution in [0.3, 0.4) is 0 Å². The molecule has 3 aromatic rings. The molecular formula is C23H21N3O4. The van der Waals surface area contributed by atoms with Crippen molar-refractivity contribution in [3.05, 3.63) is 112 Å². The van der Waals surface area contributed by atoms with E-state index in [4.69, 9.17) is 0 Å². The van der Waals surface area contributed by atoms with Gasteiger partial charge in [-0.1, -0.05) is 60.7 Å². The molecule has 3 rings (SSSR count). The number of nitrogens with zero attached hydrogens (tertiary/aromatic N) is 1. The molecule has 7 heteroatoms. The maximum Gasteiger partial charge on any atom is 0.269 e. The van der Waals surface area contributed by atoms with Crippen molar-refractivity contribution < 1.29 is 14.5 Å². The number of nitro benzene ring substituents is 1. The topological polar surface area (TPSA) is 101 Å². The van der Waals surface area contributed by atoms with Gasteiger partial charge < -0.3 is 10.6 Å². The summed E-state index contributed by atoms with van der Waals surface area (Å²) in [5.74, 6) is -0.586. The van der Waals surface area contributed by atoms with Crippen molar-refractivity contribution in [1.82, 2.24) is 10.6 Å². The number of carbonyl (C=O) groups excluding carboxylic acids is 2. The molecule has 0 aromatic heterocycles. The third-order valence-electron chi connectivity index (χ3n) is 4.55. The van der Waals surface area contributed by atoms with Crippen molar-refractivity contribution in [2.75, 3.05) is 6.54 Å². The third kappa shape index (κ3) is 5.51. The Labute approximate surface area is 173 Å². The fourth-order valence-electron chi connectivity index (χ4n) is 3.01. The molecule has 0 heterocycles. The molecule has 2 amide bonds. The van der Waals surface area contributed by atoms with Gasteiger partial charge in [0.1, 0.15) is 0 Å². The Bertz CT molecular complexity index is 966. The van der Waals surface area contributed by atoms with E-state index in [-0.39, 0.29) is 36.5 Å². The minimum Gasteiger partial charge on any atom is -0.352 e. The molecule has 7 nitrogen and oxygen atoms in total. The van der Waals surface area contributed by atoms with Gasteiger partial charge in [-0.3, -0.25) is 19.7 Å². The zero-order valence-electron chi connectivity index (χ0n) is 16.2. The SMILES string of the molecule is O=C(CCNC(=O)c1ccc([N+](=O)[O-])cc1)NC(c1ccccc1)c1ccccc1. The normalized spacial score (nSPS) is 10.4. The number of non-ortho nitro benzene ring substituents is 1. The van der Waals surface area contributed by atoms with Crippen molar-refractivity contribution in [3.63, 3.8) is 0 Å². The standard InChI is InChI=1S/C23H21N3O4/c27-21(15-16-24-23(28)19-11-13-20(14-12-19)26(29)30)25-22(17-7-3-1-4-8-17)18-9-5-2-6-10-18/h1-14,22H,15-16H2,(H,24,28)(H,25,27). The van der Waals surface area contributed by atoms with Crippen molar-refractivity contribution in [3.8, 4) is 0 Å². The summed E-state index contributed by atoms with van der Waals surface area (Å²) in [7, 11) is 0. The van der Waals surface area contributed by atoms with Crippen molar-refractivity contribution in [2.24, 2.45) is 0 Å². The molecule has 0 saturated heterocycles. The fourth-order valence-corrected chi connectivity index (χ4v) is 3.01. The zero-order chi connectivity index (χ0) is 21.3. The lowest BCUT2D eigenvalue weighted by Crippen LogP contribution is -2.33.